The lowest BCUT2D eigenvalue weighted by molar-refractivity contribution is 0.0594. The third-order valence-electron chi connectivity index (χ3n) is 2.85. The van der Waals surface area contributed by atoms with Crippen molar-refractivity contribution in [1.82, 2.24) is 9.97 Å². The van der Waals surface area contributed by atoms with E-state index in [1.807, 2.05) is 0 Å². The molecule has 1 rings (SSSR count). The maximum Gasteiger partial charge on any atom is 0.346 e. The topological polar surface area (TPSA) is 72.0 Å². The first kappa shape index (κ1) is 16.8. The number of nitrogens with one attached hydrogen (secondary N) is 1. The highest BCUT2D eigenvalue weighted by Gasteiger charge is 2.19. The van der Waals surface area contributed by atoms with Gasteiger partial charge in [-0.1, -0.05) is 20.8 Å². The summed E-state index contributed by atoms with van der Waals surface area (Å²) >= 11 is 1.44. The van der Waals surface area contributed by atoms with Crippen molar-refractivity contribution in [3.8, 4) is 0 Å². The van der Waals surface area contributed by atoms with Crippen molar-refractivity contribution in [1.29, 1.82) is 0 Å². The highest BCUT2D eigenvalue weighted by atomic mass is 32.2. The number of carbonyl (C=O) groups excluding carboxylic acids is 1. The number of aryl methyl sites for hydroxylation is 1. The first-order valence-electron chi connectivity index (χ1n) is 6.67. The van der Waals surface area contributed by atoms with E-state index in [2.05, 4.69) is 30.7 Å². The van der Waals surface area contributed by atoms with Crippen LogP contribution in [0, 0.1) is 18.8 Å². The van der Waals surface area contributed by atoms with Gasteiger partial charge in [-0.3, -0.25) is 0 Å². The smallest absolute Gasteiger partial charge is 0.346 e. The van der Waals surface area contributed by atoms with Crippen molar-refractivity contribution in [2.45, 2.75) is 39.1 Å². The van der Waals surface area contributed by atoms with Gasteiger partial charge in [0, 0.05) is 11.4 Å². The molecule has 0 bridgehead atoms. The molecule has 1 aromatic rings. The van der Waals surface area contributed by atoms with Gasteiger partial charge in [0.1, 0.15) is 10.6 Å². The zero-order chi connectivity index (χ0) is 15.3. The molecule has 0 fully saturated rings. The number of esters is 1. The van der Waals surface area contributed by atoms with Gasteiger partial charge in [0.25, 0.3) is 0 Å². The molecule has 0 spiro atoms. The predicted octanol–water partition coefficient (Wildman–Crippen LogP) is 2.64. The van der Waals surface area contributed by atoms with Gasteiger partial charge in [0.15, 0.2) is 0 Å². The Bertz CT molecular complexity index is 526. The molecule has 5 nitrogen and oxygen atoms in total. The quantitative estimate of drug-likeness (QED) is 0.496. The minimum absolute atomic E-state index is 0.355. The van der Waals surface area contributed by atoms with E-state index in [1.54, 1.807) is 6.92 Å². The fourth-order valence-electron chi connectivity index (χ4n) is 2.10. The van der Waals surface area contributed by atoms with Gasteiger partial charge in [0.2, 0.25) is 0 Å². The second-order valence-corrected chi connectivity index (χ2v) is 6.39. The molecule has 0 aromatic carbocycles. The van der Waals surface area contributed by atoms with Crippen LogP contribution in [0.5, 0.6) is 0 Å². The molecule has 1 aromatic heterocycles. The minimum atomic E-state index is -0.467. The van der Waals surface area contributed by atoms with Gasteiger partial charge < -0.3 is 9.72 Å². The van der Waals surface area contributed by atoms with E-state index >= 15 is 0 Å². The first-order valence-corrected chi connectivity index (χ1v) is 7.65. The number of aromatic amines is 1. The number of hydrogen-bond donors (Lipinski definition) is 1. The number of thioether (sulfide) groups is 1. The number of H-pyrrole nitrogens is 1. The molecule has 0 saturated carbocycles. The number of hydrogen-bond acceptors (Lipinski definition) is 5. The summed E-state index contributed by atoms with van der Waals surface area (Å²) in [6.45, 7) is 8.19. The summed E-state index contributed by atoms with van der Waals surface area (Å²) in [6.07, 6.45) is 1.10. The summed E-state index contributed by atoms with van der Waals surface area (Å²) in [5.41, 5.74) is 0.416. The van der Waals surface area contributed by atoms with E-state index in [1.165, 1.54) is 18.9 Å². The lowest BCUT2D eigenvalue weighted by Gasteiger charge is -2.14. The Kier molecular flexibility index (Phi) is 6.26. The van der Waals surface area contributed by atoms with Crippen LogP contribution < -0.4 is 5.69 Å². The average molecular weight is 298 g/mol. The summed E-state index contributed by atoms with van der Waals surface area (Å²) in [5, 5.41) is 0.453. The van der Waals surface area contributed by atoms with Crippen LogP contribution in [0.2, 0.25) is 0 Å². The van der Waals surface area contributed by atoms with Crippen molar-refractivity contribution in [3.63, 3.8) is 0 Å². The maximum atomic E-state index is 11.8. The molecular weight excluding hydrogens is 276 g/mol. The fraction of sp³-hybridized carbons (Fsp3) is 0.643. The van der Waals surface area contributed by atoms with Gasteiger partial charge in [0.05, 0.1) is 7.11 Å². The summed E-state index contributed by atoms with van der Waals surface area (Å²) in [7, 11) is 1.32. The van der Waals surface area contributed by atoms with Gasteiger partial charge in [-0.25, -0.2) is 9.59 Å². The normalized spacial score (nSPS) is 12.5. The third kappa shape index (κ3) is 4.67. The monoisotopic (exact) mass is 298 g/mol. The van der Waals surface area contributed by atoms with Crippen LogP contribution >= 0.6 is 11.8 Å². The fourth-order valence-corrected chi connectivity index (χ4v) is 3.21. The molecule has 20 heavy (non-hydrogen) atoms. The summed E-state index contributed by atoms with van der Waals surface area (Å²) in [5.74, 6) is 1.47. The second-order valence-electron chi connectivity index (χ2n) is 5.38. The number of ether oxygens (including phenoxy) is 1. The number of methoxy groups -OCH3 is 1. The Labute approximate surface area is 123 Å². The summed E-state index contributed by atoms with van der Waals surface area (Å²) in [4.78, 5) is 29.7. The van der Waals surface area contributed by atoms with Crippen molar-refractivity contribution >= 4 is 17.7 Å². The van der Waals surface area contributed by atoms with Gasteiger partial charge >= 0.3 is 11.7 Å². The lowest BCUT2D eigenvalue weighted by atomic mass is 10.0. The van der Waals surface area contributed by atoms with Crippen LogP contribution in [0.3, 0.4) is 0 Å². The largest absolute Gasteiger partial charge is 0.465 e. The van der Waals surface area contributed by atoms with E-state index in [-0.39, 0.29) is 0 Å². The zero-order valence-electron chi connectivity index (χ0n) is 12.6. The van der Waals surface area contributed by atoms with Crippen LogP contribution in [0.4, 0.5) is 0 Å². The second kappa shape index (κ2) is 7.47. The van der Waals surface area contributed by atoms with E-state index in [0.717, 1.165) is 12.2 Å². The Morgan fingerprint density at radius 1 is 1.40 bits per heavy atom. The van der Waals surface area contributed by atoms with E-state index in [0.29, 0.717) is 28.1 Å². The van der Waals surface area contributed by atoms with Gasteiger partial charge in [-0.15, -0.1) is 11.8 Å². The summed E-state index contributed by atoms with van der Waals surface area (Å²) in [6, 6.07) is 0. The van der Waals surface area contributed by atoms with Crippen molar-refractivity contribution in [2.75, 3.05) is 12.9 Å². The Hall–Kier alpha value is -1.30. The Morgan fingerprint density at radius 3 is 2.60 bits per heavy atom. The van der Waals surface area contributed by atoms with Crippen LogP contribution in [-0.2, 0) is 4.74 Å². The molecule has 0 saturated heterocycles. The molecule has 6 heteroatoms. The molecule has 0 aliphatic carbocycles. The molecule has 1 heterocycles. The standard InChI is InChI=1S/C14H22N2O3S/c1-8(2)6-9(3)7-20-12-11(13(17)19-5)10(4)15-14(18)16-12/h8-9H,6-7H2,1-5H3,(H,15,16,18)/t9-/m1/s1. The van der Waals surface area contributed by atoms with Crippen LogP contribution in [0.15, 0.2) is 9.82 Å². The highest BCUT2D eigenvalue weighted by Crippen LogP contribution is 2.25. The molecule has 1 atom stereocenters. The van der Waals surface area contributed by atoms with Gasteiger partial charge in [-0.2, -0.15) is 4.98 Å². The first-order chi connectivity index (χ1) is 9.35. The zero-order valence-corrected chi connectivity index (χ0v) is 13.5. The van der Waals surface area contributed by atoms with Crippen LogP contribution in [0.1, 0.15) is 43.2 Å². The third-order valence-corrected chi connectivity index (χ3v) is 4.16. The van der Waals surface area contributed by atoms with Gasteiger partial charge in [-0.05, 0) is 25.2 Å². The number of aromatic nitrogens is 2. The van der Waals surface area contributed by atoms with Crippen LogP contribution in [-0.4, -0.2) is 28.8 Å². The Balaban J connectivity index is 2.93. The highest BCUT2D eigenvalue weighted by molar-refractivity contribution is 7.99. The Morgan fingerprint density at radius 2 is 2.05 bits per heavy atom. The minimum Gasteiger partial charge on any atom is -0.465 e. The van der Waals surface area contributed by atoms with Crippen LogP contribution in [0.25, 0.3) is 0 Å². The van der Waals surface area contributed by atoms with E-state index in [9.17, 15) is 9.59 Å². The SMILES string of the molecule is COC(=O)c1c(SC[C@H](C)CC(C)C)nc(=O)[nH]c1C. The lowest BCUT2D eigenvalue weighted by Crippen LogP contribution is -2.19. The number of nitrogens with zero attached hydrogens (tertiary/aromatic N) is 1. The average Bonchev–Trinajstić information content (AvgIpc) is 2.34. The molecule has 0 aliphatic rings. The van der Waals surface area contributed by atoms with Crippen molar-refractivity contribution < 1.29 is 9.53 Å². The maximum absolute atomic E-state index is 11.8. The molecule has 0 aliphatic heterocycles. The van der Waals surface area contributed by atoms with E-state index < -0.39 is 11.7 Å². The van der Waals surface area contributed by atoms with Crippen molar-refractivity contribution in [2.24, 2.45) is 11.8 Å². The molecule has 0 radical (unpaired) electrons. The number of rotatable bonds is 6. The molecule has 0 amide bonds. The molecule has 0 unspecified atom stereocenters. The molecular formula is C14H22N2O3S. The summed E-state index contributed by atoms with van der Waals surface area (Å²) < 4.78 is 4.75. The number of carbonyl (C=O) groups is 1. The van der Waals surface area contributed by atoms with Crippen molar-refractivity contribution in [3.05, 3.63) is 21.7 Å². The molecule has 112 valence electrons. The predicted molar refractivity (Wildman–Crippen MR) is 80.3 cm³/mol. The van der Waals surface area contributed by atoms with E-state index in [4.69, 9.17) is 4.74 Å². The molecule has 1 N–H and O–H groups in total.